The summed E-state index contributed by atoms with van der Waals surface area (Å²) < 4.78 is 12.3. The predicted molar refractivity (Wildman–Crippen MR) is 111 cm³/mol. The number of rotatable bonds is 5. The number of carbonyl (C=O) groups excluding carboxylic acids is 1. The lowest BCUT2D eigenvalue weighted by Gasteiger charge is -2.08. The summed E-state index contributed by atoms with van der Waals surface area (Å²) in [5, 5.41) is 9.07. The first-order valence-electron chi connectivity index (χ1n) is 9.14. The van der Waals surface area contributed by atoms with E-state index in [1.807, 2.05) is 31.2 Å². The van der Waals surface area contributed by atoms with Gasteiger partial charge in [0, 0.05) is 23.9 Å². The molecule has 3 rings (SSSR count). The number of hydroxylamine groups is 1. The molecule has 1 aromatic heterocycles. The third-order valence-electron chi connectivity index (χ3n) is 4.21. The van der Waals surface area contributed by atoms with E-state index >= 15 is 0 Å². The number of amides is 1. The van der Waals surface area contributed by atoms with E-state index in [0.717, 1.165) is 16.8 Å². The summed E-state index contributed by atoms with van der Waals surface area (Å²) in [6.45, 7) is 3.67. The number of benzene rings is 2. The minimum Gasteiger partial charge on any atom is -0.289 e. The zero-order valence-corrected chi connectivity index (χ0v) is 17.1. The van der Waals surface area contributed by atoms with Gasteiger partial charge in [-0.05, 0) is 56.0 Å². The van der Waals surface area contributed by atoms with E-state index < -0.39 is 5.91 Å². The molecular weight excluding hydrogens is 393 g/mol. The first-order valence-corrected chi connectivity index (χ1v) is 9.51. The monoisotopic (exact) mass is 415 g/mol. The highest BCUT2D eigenvalue weighted by molar-refractivity contribution is 6.33. The van der Waals surface area contributed by atoms with Gasteiger partial charge < -0.3 is 0 Å². The molecule has 0 saturated heterocycles. The molecule has 3 aromatic rings. The fraction of sp³-hybridized carbons (Fsp3) is 0.227. The van der Waals surface area contributed by atoms with Crippen molar-refractivity contribution >= 4 is 17.5 Å². The number of carbonyl (C=O) groups is 1. The molecule has 1 amide bonds. The molecule has 0 saturated carbocycles. The second-order valence-corrected chi connectivity index (χ2v) is 6.85. The molecule has 0 aliphatic rings. The molecule has 2 N–H and O–H groups in total. The van der Waals surface area contributed by atoms with Crippen LogP contribution in [0.2, 0.25) is 5.02 Å². The fourth-order valence-electron chi connectivity index (χ4n) is 2.53. The van der Waals surface area contributed by atoms with Gasteiger partial charge in [-0.25, -0.2) is 19.8 Å². The second-order valence-electron chi connectivity index (χ2n) is 6.44. The van der Waals surface area contributed by atoms with Crippen LogP contribution < -0.4 is 5.48 Å². The van der Waals surface area contributed by atoms with E-state index in [9.17, 15) is 9.18 Å². The molecular formula is C22H23ClFN3O2. The first kappa shape index (κ1) is 22.5. The van der Waals surface area contributed by atoms with Crippen molar-refractivity contribution in [2.24, 2.45) is 0 Å². The number of nitrogens with zero attached hydrogens (tertiary/aromatic N) is 2. The molecule has 29 heavy (non-hydrogen) atoms. The Morgan fingerprint density at radius 1 is 1.10 bits per heavy atom. The van der Waals surface area contributed by atoms with Crippen molar-refractivity contribution in [2.45, 2.75) is 33.1 Å². The zero-order chi connectivity index (χ0) is 21.2. The Labute approximate surface area is 174 Å². The molecule has 0 spiro atoms. The number of hydrogen-bond acceptors (Lipinski definition) is 4. The molecule has 0 unspecified atom stereocenters. The standard InChI is InChI=1S/C15H16ClN3O2.C7H7F/c1-10-9-17-15(11-5-2-3-6-12(11)16)18-13(10)7-4-8-14(20)19-21;1-6-4-2-3-5-7(6)8/h2-3,5-6,9,21H,4,7-8H2,1H3,(H,19,20);2-5H,1H3. The van der Waals surface area contributed by atoms with Crippen LogP contribution in [0.15, 0.2) is 54.7 Å². The average Bonchev–Trinajstić information content (AvgIpc) is 2.72. The summed E-state index contributed by atoms with van der Waals surface area (Å²) in [7, 11) is 0. The van der Waals surface area contributed by atoms with Gasteiger partial charge in [0.05, 0.1) is 5.02 Å². The molecule has 7 heteroatoms. The molecule has 0 aliphatic heterocycles. The Balaban J connectivity index is 0.000000313. The summed E-state index contributed by atoms with van der Waals surface area (Å²) in [5.74, 6) is 0.0494. The number of aryl methyl sites for hydroxylation is 3. The summed E-state index contributed by atoms with van der Waals surface area (Å²) in [4.78, 5) is 19.9. The highest BCUT2D eigenvalue weighted by Crippen LogP contribution is 2.25. The topological polar surface area (TPSA) is 75.1 Å². The first-order chi connectivity index (χ1) is 13.9. The van der Waals surface area contributed by atoms with Gasteiger partial charge in [-0.15, -0.1) is 0 Å². The maximum Gasteiger partial charge on any atom is 0.243 e. The van der Waals surface area contributed by atoms with Gasteiger partial charge in [0.2, 0.25) is 5.91 Å². The van der Waals surface area contributed by atoms with Gasteiger partial charge in [-0.3, -0.25) is 10.0 Å². The lowest BCUT2D eigenvalue weighted by Crippen LogP contribution is -2.18. The quantitative estimate of drug-likeness (QED) is 0.450. The highest BCUT2D eigenvalue weighted by Gasteiger charge is 2.09. The van der Waals surface area contributed by atoms with Crippen LogP contribution in [-0.2, 0) is 11.2 Å². The fourth-order valence-corrected chi connectivity index (χ4v) is 2.75. The van der Waals surface area contributed by atoms with E-state index in [1.54, 1.807) is 36.8 Å². The Morgan fingerprint density at radius 3 is 2.41 bits per heavy atom. The summed E-state index contributed by atoms with van der Waals surface area (Å²) in [6, 6.07) is 14.1. The van der Waals surface area contributed by atoms with Crippen molar-refractivity contribution in [1.29, 1.82) is 0 Å². The van der Waals surface area contributed by atoms with Crippen LogP contribution in [0.25, 0.3) is 11.4 Å². The van der Waals surface area contributed by atoms with Crippen molar-refractivity contribution in [2.75, 3.05) is 0 Å². The number of halogens is 2. The summed E-state index contributed by atoms with van der Waals surface area (Å²) in [6.07, 6.45) is 3.25. The van der Waals surface area contributed by atoms with Gasteiger partial charge in [-0.2, -0.15) is 0 Å². The minimum absolute atomic E-state index is 0.132. The minimum atomic E-state index is -0.395. The third kappa shape index (κ3) is 6.93. The lowest BCUT2D eigenvalue weighted by molar-refractivity contribution is -0.129. The molecule has 1 heterocycles. The smallest absolute Gasteiger partial charge is 0.243 e. The Morgan fingerprint density at radius 2 is 1.79 bits per heavy atom. The molecule has 0 bridgehead atoms. The summed E-state index contributed by atoms with van der Waals surface area (Å²) in [5.41, 5.74) is 4.96. The molecule has 0 aliphatic carbocycles. The van der Waals surface area contributed by atoms with E-state index in [4.69, 9.17) is 16.8 Å². The zero-order valence-electron chi connectivity index (χ0n) is 16.3. The van der Waals surface area contributed by atoms with Crippen molar-refractivity contribution in [3.05, 3.63) is 82.4 Å². The van der Waals surface area contributed by atoms with Crippen molar-refractivity contribution in [1.82, 2.24) is 15.4 Å². The van der Waals surface area contributed by atoms with Crippen molar-refractivity contribution < 1.29 is 14.4 Å². The van der Waals surface area contributed by atoms with Gasteiger partial charge >= 0.3 is 0 Å². The number of aromatic nitrogens is 2. The highest BCUT2D eigenvalue weighted by atomic mass is 35.5. The van der Waals surface area contributed by atoms with Gasteiger partial charge in [0.15, 0.2) is 5.82 Å². The van der Waals surface area contributed by atoms with Crippen LogP contribution in [0.1, 0.15) is 29.7 Å². The molecule has 152 valence electrons. The largest absolute Gasteiger partial charge is 0.289 e. The maximum atomic E-state index is 12.3. The molecule has 0 atom stereocenters. The van der Waals surface area contributed by atoms with Crippen LogP contribution in [0.4, 0.5) is 4.39 Å². The van der Waals surface area contributed by atoms with Crippen LogP contribution in [0.5, 0.6) is 0 Å². The van der Waals surface area contributed by atoms with Gasteiger partial charge in [-0.1, -0.05) is 41.9 Å². The Bertz CT molecular complexity index is 945. The lowest BCUT2D eigenvalue weighted by atomic mass is 10.1. The number of nitrogens with one attached hydrogen (secondary N) is 1. The van der Waals surface area contributed by atoms with Crippen LogP contribution in [0.3, 0.4) is 0 Å². The molecule has 2 aromatic carbocycles. The van der Waals surface area contributed by atoms with Crippen LogP contribution in [-0.4, -0.2) is 21.1 Å². The number of hydrogen-bond donors (Lipinski definition) is 2. The maximum absolute atomic E-state index is 12.3. The van der Waals surface area contributed by atoms with E-state index in [0.29, 0.717) is 29.3 Å². The molecule has 0 fully saturated rings. The normalized spacial score (nSPS) is 10.1. The van der Waals surface area contributed by atoms with Crippen LogP contribution in [0, 0.1) is 19.7 Å². The Kier molecular flexibility index (Phi) is 8.70. The molecule has 5 nitrogen and oxygen atoms in total. The van der Waals surface area contributed by atoms with E-state index in [2.05, 4.69) is 9.97 Å². The predicted octanol–water partition coefficient (Wildman–Crippen LogP) is 5.07. The average molecular weight is 416 g/mol. The summed E-state index contributed by atoms with van der Waals surface area (Å²) >= 11 is 6.15. The second kappa shape index (κ2) is 11.2. The van der Waals surface area contributed by atoms with E-state index in [1.165, 1.54) is 6.07 Å². The van der Waals surface area contributed by atoms with Gasteiger partial charge in [0.25, 0.3) is 0 Å². The van der Waals surface area contributed by atoms with Crippen LogP contribution >= 0.6 is 11.6 Å². The van der Waals surface area contributed by atoms with Crippen molar-refractivity contribution in [3.8, 4) is 11.4 Å². The molecule has 0 radical (unpaired) electrons. The van der Waals surface area contributed by atoms with E-state index in [-0.39, 0.29) is 12.2 Å². The van der Waals surface area contributed by atoms with Crippen molar-refractivity contribution in [3.63, 3.8) is 0 Å². The van der Waals surface area contributed by atoms with Gasteiger partial charge in [0.1, 0.15) is 5.82 Å². The third-order valence-corrected chi connectivity index (χ3v) is 4.54. The SMILES string of the molecule is Cc1ccccc1F.Cc1cnc(-c2ccccc2Cl)nc1CCCC(=O)NO. The Hall–Kier alpha value is -2.83.